The van der Waals surface area contributed by atoms with E-state index in [-0.39, 0.29) is 12.4 Å². The molecule has 1 aromatic carbocycles. The Balaban J connectivity index is 0.00000220. The Labute approximate surface area is 135 Å². The molecule has 1 aromatic heterocycles. The number of methoxy groups -OCH3 is 3. The predicted molar refractivity (Wildman–Crippen MR) is 88.2 cm³/mol. The quantitative estimate of drug-likeness (QED) is 0.844. The van der Waals surface area contributed by atoms with Gasteiger partial charge in [0.15, 0.2) is 11.5 Å². The zero-order chi connectivity index (χ0) is 14.4. The maximum absolute atomic E-state index is 5.40. The van der Waals surface area contributed by atoms with Crippen molar-refractivity contribution in [1.82, 2.24) is 5.32 Å². The third-order valence-corrected chi connectivity index (χ3v) is 3.86. The molecule has 2 aromatic rings. The van der Waals surface area contributed by atoms with E-state index in [9.17, 15) is 0 Å². The van der Waals surface area contributed by atoms with Crippen molar-refractivity contribution in [1.29, 1.82) is 0 Å². The molecule has 0 aliphatic heterocycles. The zero-order valence-corrected chi connectivity index (χ0v) is 14.0. The Morgan fingerprint density at radius 1 is 0.952 bits per heavy atom. The second-order valence-corrected chi connectivity index (χ2v) is 5.23. The van der Waals surface area contributed by atoms with Crippen LogP contribution in [0.5, 0.6) is 17.2 Å². The normalized spacial score (nSPS) is 9.86. The van der Waals surface area contributed by atoms with Crippen molar-refractivity contribution in [2.24, 2.45) is 0 Å². The van der Waals surface area contributed by atoms with Gasteiger partial charge in [0.2, 0.25) is 0 Å². The van der Waals surface area contributed by atoms with Gasteiger partial charge in [-0.15, -0.1) is 23.7 Å². The van der Waals surface area contributed by atoms with E-state index in [1.165, 1.54) is 4.88 Å². The van der Waals surface area contributed by atoms with Crippen LogP contribution in [-0.4, -0.2) is 21.3 Å². The smallest absolute Gasteiger partial charge is 0.164 e. The molecule has 0 bridgehead atoms. The summed E-state index contributed by atoms with van der Waals surface area (Å²) in [5.74, 6) is 2.17. The third kappa shape index (κ3) is 4.52. The highest BCUT2D eigenvalue weighted by Gasteiger charge is 2.11. The molecular weight excluding hydrogens is 310 g/mol. The van der Waals surface area contributed by atoms with E-state index in [1.807, 2.05) is 12.1 Å². The summed E-state index contributed by atoms with van der Waals surface area (Å²) in [5.41, 5.74) is 1.04. The fraction of sp³-hybridized carbons (Fsp3) is 0.333. The van der Waals surface area contributed by atoms with Crippen molar-refractivity contribution in [3.8, 4) is 17.2 Å². The highest BCUT2D eigenvalue weighted by molar-refractivity contribution is 7.09. The predicted octanol–water partition coefficient (Wildman–Crippen LogP) is 3.49. The summed E-state index contributed by atoms with van der Waals surface area (Å²) in [6.45, 7) is 1.55. The summed E-state index contributed by atoms with van der Waals surface area (Å²) < 4.78 is 16.0. The molecule has 116 valence electrons. The average molecular weight is 330 g/mol. The first-order valence-corrected chi connectivity index (χ1v) is 7.18. The molecule has 6 heteroatoms. The fourth-order valence-corrected chi connectivity index (χ4v) is 2.64. The number of hydrogen-bond donors (Lipinski definition) is 1. The molecule has 0 saturated heterocycles. The maximum Gasteiger partial charge on any atom is 0.164 e. The van der Waals surface area contributed by atoms with Crippen LogP contribution in [0.3, 0.4) is 0 Å². The molecule has 0 aliphatic carbocycles. The lowest BCUT2D eigenvalue weighted by atomic mass is 10.1. The van der Waals surface area contributed by atoms with Gasteiger partial charge in [0.25, 0.3) is 0 Å². The van der Waals surface area contributed by atoms with Crippen molar-refractivity contribution in [3.63, 3.8) is 0 Å². The Bertz CT molecular complexity index is 546. The van der Waals surface area contributed by atoms with Gasteiger partial charge in [-0.2, -0.15) is 0 Å². The van der Waals surface area contributed by atoms with Crippen LogP contribution < -0.4 is 19.5 Å². The number of halogens is 1. The summed E-state index contributed by atoms with van der Waals surface area (Å²) in [7, 11) is 4.91. The first-order chi connectivity index (χ1) is 9.78. The first kappa shape index (κ1) is 17.6. The standard InChI is InChI=1S/C15H19NO3S.ClH/c1-17-13-8-15(19-3)14(18-2)7-11(13)9-16-10-12-5-4-6-20-12;/h4-8,16H,9-10H2,1-3H3;1H. The van der Waals surface area contributed by atoms with E-state index in [2.05, 4.69) is 22.8 Å². The number of rotatable bonds is 7. The summed E-state index contributed by atoms with van der Waals surface area (Å²) in [6, 6.07) is 7.96. The van der Waals surface area contributed by atoms with Crippen molar-refractivity contribution < 1.29 is 14.2 Å². The minimum atomic E-state index is 0. The number of benzene rings is 1. The molecule has 0 spiro atoms. The van der Waals surface area contributed by atoms with Crippen LogP contribution in [0, 0.1) is 0 Å². The highest BCUT2D eigenvalue weighted by Crippen LogP contribution is 2.34. The molecule has 0 aliphatic rings. The topological polar surface area (TPSA) is 39.7 Å². The van der Waals surface area contributed by atoms with Gasteiger partial charge >= 0.3 is 0 Å². The van der Waals surface area contributed by atoms with Gasteiger partial charge in [-0.05, 0) is 17.5 Å². The average Bonchev–Trinajstić information content (AvgIpc) is 2.99. The third-order valence-electron chi connectivity index (χ3n) is 2.98. The monoisotopic (exact) mass is 329 g/mol. The van der Waals surface area contributed by atoms with E-state index in [0.29, 0.717) is 18.0 Å². The molecule has 21 heavy (non-hydrogen) atoms. The molecule has 1 N–H and O–H groups in total. The van der Waals surface area contributed by atoms with Gasteiger partial charge in [-0.25, -0.2) is 0 Å². The molecule has 0 fully saturated rings. The summed E-state index contributed by atoms with van der Waals surface area (Å²) in [5, 5.41) is 5.48. The van der Waals surface area contributed by atoms with Crippen LogP contribution in [0.2, 0.25) is 0 Å². The first-order valence-electron chi connectivity index (χ1n) is 6.30. The zero-order valence-electron chi connectivity index (χ0n) is 12.3. The van der Waals surface area contributed by atoms with Crippen molar-refractivity contribution in [3.05, 3.63) is 40.1 Å². The Morgan fingerprint density at radius 2 is 1.62 bits per heavy atom. The van der Waals surface area contributed by atoms with E-state index in [1.54, 1.807) is 32.7 Å². The lowest BCUT2D eigenvalue weighted by molar-refractivity contribution is 0.347. The Hall–Kier alpha value is -1.43. The van der Waals surface area contributed by atoms with Crippen molar-refractivity contribution in [2.75, 3.05) is 21.3 Å². The van der Waals surface area contributed by atoms with Crippen molar-refractivity contribution in [2.45, 2.75) is 13.1 Å². The number of hydrogen-bond acceptors (Lipinski definition) is 5. The molecule has 1 heterocycles. The van der Waals surface area contributed by atoms with Gasteiger partial charge in [0, 0.05) is 29.6 Å². The van der Waals surface area contributed by atoms with Gasteiger partial charge in [-0.1, -0.05) is 6.07 Å². The van der Waals surface area contributed by atoms with E-state index < -0.39 is 0 Å². The minimum absolute atomic E-state index is 0. The summed E-state index contributed by atoms with van der Waals surface area (Å²) in [4.78, 5) is 1.31. The molecule has 0 radical (unpaired) electrons. The summed E-state index contributed by atoms with van der Waals surface area (Å²) >= 11 is 1.74. The molecular formula is C15H20ClNO3S. The molecule has 0 unspecified atom stereocenters. The number of nitrogens with one attached hydrogen (secondary N) is 1. The van der Waals surface area contributed by atoms with Gasteiger partial charge in [0.1, 0.15) is 5.75 Å². The number of ether oxygens (including phenoxy) is 3. The van der Waals surface area contributed by atoms with E-state index in [0.717, 1.165) is 17.9 Å². The lowest BCUT2D eigenvalue weighted by Crippen LogP contribution is -2.12. The van der Waals surface area contributed by atoms with Crippen molar-refractivity contribution >= 4 is 23.7 Å². The van der Waals surface area contributed by atoms with Gasteiger partial charge in [-0.3, -0.25) is 0 Å². The Kier molecular flexibility index (Phi) is 7.36. The van der Waals surface area contributed by atoms with Crippen LogP contribution in [-0.2, 0) is 13.1 Å². The lowest BCUT2D eigenvalue weighted by Gasteiger charge is -2.14. The second-order valence-electron chi connectivity index (χ2n) is 4.20. The molecule has 4 nitrogen and oxygen atoms in total. The van der Waals surface area contributed by atoms with E-state index >= 15 is 0 Å². The van der Waals surface area contributed by atoms with Crippen LogP contribution in [0.25, 0.3) is 0 Å². The molecule has 0 saturated carbocycles. The molecule has 2 rings (SSSR count). The largest absolute Gasteiger partial charge is 0.496 e. The van der Waals surface area contributed by atoms with Crippen LogP contribution in [0.1, 0.15) is 10.4 Å². The van der Waals surface area contributed by atoms with Crippen LogP contribution in [0.15, 0.2) is 29.6 Å². The molecule has 0 amide bonds. The van der Waals surface area contributed by atoms with Crippen LogP contribution >= 0.6 is 23.7 Å². The fourth-order valence-electron chi connectivity index (χ4n) is 1.96. The number of thiophene rings is 1. The summed E-state index contributed by atoms with van der Waals surface area (Å²) in [6.07, 6.45) is 0. The van der Waals surface area contributed by atoms with Gasteiger partial charge in [0.05, 0.1) is 21.3 Å². The second kappa shape index (κ2) is 8.77. The van der Waals surface area contributed by atoms with E-state index in [4.69, 9.17) is 14.2 Å². The van der Waals surface area contributed by atoms with Crippen LogP contribution in [0.4, 0.5) is 0 Å². The SMILES string of the molecule is COc1cc(OC)c(OC)cc1CNCc1cccs1.Cl. The maximum atomic E-state index is 5.40. The Morgan fingerprint density at radius 3 is 2.19 bits per heavy atom. The molecule has 0 atom stereocenters. The highest BCUT2D eigenvalue weighted by atomic mass is 35.5. The van der Waals surface area contributed by atoms with Gasteiger partial charge < -0.3 is 19.5 Å². The minimum Gasteiger partial charge on any atom is -0.496 e.